The number of hydrogen-bond donors (Lipinski definition) is 2. The lowest BCUT2D eigenvalue weighted by molar-refractivity contribution is -0.131. The van der Waals surface area contributed by atoms with E-state index in [1.807, 2.05) is 6.92 Å². The van der Waals surface area contributed by atoms with E-state index in [9.17, 15) is 9.59 Å². The molecular weight excluding hydrogens is 266 g/mol. The lowest BCUT2D eigenvalue weighted by Gasteiger charge is -2.22. The molecule has 1 amide bonds. The first kappa shape index (κ1) is 15.4. The van der Waals surface area contributed by atoms with Crippen LogP contribution in [0.4, 0.5) is 0 Å². The van der Waals surface area contributed by atoms with Gasteiger partial charge in [0.15, 0.2) is 0 Å². The summed E-state index contributed by atoms with van der Waals surface area (Å²) in [6.07, 6.45) is 2.53. The number of carboxylic acid groups (broad SMARTS) is 1. The van der Waals surface area contributed by atoms with Crippen molar-refractivity contribution in [3.63, 3.8) is 0 Å². The number of aliphatic carboxylic acids is 1. The quantitative estimate of drug-likeness (QED) is 0.805. The van der Waals surface area contributed by atoms with E-state index in [0.29, 0.717) is 4.88 Å². The third-order valence-corrected chi connectivity index (χ3v) is 3.98. The van der Waals surface area contributed by atoms with E-state index in [2.05, 4.69) is 0 Å². The third kappa shape index (κ3) is 3.90. The van der Waals surface area contributed by atoms with Gasteiger partial charge in [-0.25, -0.2) is 4.79 Å². The molecular formula is C13H17NO4S. The van der Waals surface area contributed by atoms with Crippen LogP contribution in [0, 0.1) is 6.92 Å². The van der Waals surface area contributed by atoms with E-state index in [0.717, 1.165) is 16.5 Å². The van der Waals surface area contributed by atoms with Gasteiger partial charge in [-0.15, -0.1) is 11.3 Å². The molecule has 1 aromatic heterocycles. The molecule has 5 nitrogen and oxygen atoms in total. The van der Waals surface area contributed by atoms with Crippen LogP contribution in [0.2, 0.25) is 0 Å². The summed E-state index contributed by atoms with van der Waals surface area (Å²) in [5.41, 5.74) is 0.857. The van der Waals surface area contributed by atoms with Gasteiger partial charge >= 0.3 is 5.97 Å². The van der Waals surface area contributed by atoms with E-state index in [1.54, 1.807) is 20.0 Å². The van der Waals surface area contributed by atoms with Crippen LogP contribution in [0.3, 0.4) is 0 Å². The fraction of sp³-hybridized carbons (Fsp3) is 0.385. The maximum atomic E-state index is 12.1. The van der Waals surface area contributed by atoms with Crippen molar-refractivity contribution < 1.29 is 19.8 Å². The summed E-state index contributed by atoms with van der Waals surface area (Å²) >= 11 is 1.24. The molecule has 0 aliphatic rings. The number of thiophene rings is 1. The summed E-state index contributed by atoms with van der Waals surface area (Å²) in [6.45, 7) is 3.48. The molecule has 0 aliphatic heterocycles. The van der Waals surface area contributed by atoms with Crippen LogP contribution in [0.5, 0.6) is 0 Å². The van der Waals surface area contributed by atoms with Gasteiger partial charge < -0.3 is 15.1 Å². The Balaban J connectivity index is 2.94. The minimum atomic E-state index is -1.02. The van der Waals surface area contributed by atoms with Crippen LogP contribution in [-0.2, 0) is 4.79 Å². The number of nitrogens with zero attached hydrogens (tertiary/aromatic N) is 1. The summed E-state index contributed by atoms with van der Waals surface area (Å²) in [5.74, 6) is -1.20. The third-order valence-electron chi connectivity index (χ3n) is 2.79. The Morgan fingerprint density at radius 2 is 2.16 bits per heavy atom. The summed E-state index contributed by atoms with van der Waals surface area (Å²) in [5, 5.41) is 17.6. The number of carbonyl (C=O) groups excluding carboxylic acids is 1. The number of carbonyl (C=O) groups is 2. The molecule has 1 aromatic rings. The van der Waals surface area contributed by atoms with Crippen LogP contribution in [0.15, 0.2) is 12.1 Å². The highest BCUT2D eigenvalue weighted by Gasteiger charge is 2.19. The molecule has 19 heavy (non-hydrogen) atoms. The second kappa shape index (κ2) is 6.49. The Hall–Kier alpha value is -1.66. The van der Waals surface area contributed by atoms with Gasteiger partial charge in [-0.1, -0.05) is 0 Å². The highest BCUT2D eigenvalue weighted by molar-refractivity contribution is 7.15. The van der Waals surface area contributed by atoms with Crippen LogP contribution in [-0.4, -0.2) is 46.7 Å². The monoisotopic (exact) mass is 283 g/mol. The van der Waals surface area contributed by atoms with Gasteiger partial charge in [0.25, 0.3) is 5.91 Å². The second-order valence-corrected chi connectivity index (χ2v) is 5.36. The summed E-state index contributed by atoms with van der Waals surface area (Å²) in [4.78, 5) is 25.4. The molecule has 0 aromatic carbocycles. The maximum absolute atomic E-state index is 12.1. The van der Waals surface area contributed by atoms with Crippen molar-refractivity contribution >= 4 is 29.3 Å². The molecule has 0 saturated heterocycles. The molecule has 0 bridgehead atoms. The first-order chi connectivity index (χ1) is 8.86. The van der Waals surface area contributed by atoms with Gasteiger partial charge in [0.1, 0.15) is 0 Å². The molecule has 0 aliphatic carbocycles. The Morgan fingerprint density at radius 3 is 2.68 bits per heavy atom. The Bertz CT molecular complexity index is 507. The van der Waals surface area contributed by atoms with Crippen molar-refractivity contribution in [2.45, 2.75) is 19.9 Å². The molecule has 1 atom stereocenters. The Morgan fingerprint density at radius 1 is 1.53 bits per heavy atom. The zero-order valence-corrected chi connectivity index (χ0v) is 11.9. The normalized spacial score (nSPS) is 12.6. The van der Waals surface area contributed by atoms with E-state index in [1.165, 1.54) is 22.3 Å². The molecule has 0 spiro atoms. The van der Waals surface area contributed by atoms with Crippen LogP contribution < -0.4 is 0 Å². The van der Waals surface area contributed by atoms with Crippen LogP contribution in [0.1, 0.15) is 27.0 Å². The minimum absolute atomic E-state index is 0.0988. The summed E-state index contributed by atoms with van der Waals surface area (Å²) in [7, 11) is 1.63. The summed E-state index contributed by atoms with van der Waals surface area (Å²) in [6, 6.07) is 1.47. The highest BCUT2D eigenvalue weighted by Crippen LogP contribution is 2.24. The number of hydrogen-bond acceptors (Lipinski definition) is 4. The molecule has 6 heteroatoms. The van der Waals surface area contributed by atoms with E-state index >= 15 is 0 Å². The SMILES string of the molecule is Cc1cc(C(=O)N(C)C(C)CO)sc1/C=C/C(=O)O. The van der Waals surface area contributed by atoms with Crippen LogP contribution in [0.25, 0.3) is 6.08 Å². The van der Waals surface area contributed by atoms with Gasteiger partial charge in [0, 0.05) is 18.0 Å². The average molecular weight is 283 g/mol. The predicted octanol–water partition coefficient (Wildman–Crippen LogP) is 1.61. The van der Waals surface area contributed by atoms with Gasteiger partial charge in [-0.2, -0.15) is 0 Å². The number of aliphatic hydroxyl groups excluding tert-OH is 1. The van der Waals surface area contributed by atoms with Gasteiger partial charge in [0.05, 0.1) is 17.5 Å². The first-order valence-corrected chi connectivity index (χ1v) is 6.58. The van der Waals surface area contributed by atoms with Crippen molar-refractivity contribution in [2.75, 3.05) is 13.7 Å². The average Bonchev–Trinajstić information content (AvgIpc) is 2.75. The van der Waals surface area contributed by atoms with E-state index in [4.69, 9.17) is 10.2 Å². The molecule has 1 rings (SSSR count). The van der Waals surface area contributed by atoms with Gasteiger partial charge in [-0.05, 0) is 31.6 Å². The molecule has 0 saturated carbocycles. The molecule has 2 N–H and O–H groups in total. The topological polar surface area (TPSA) is 77.8 Å². The number of likely N-dealkylation sites (N-methyl/N-ethyl adjacent to an activating group) is 1. The number of carboxylic acids is 1. The molecule has 0 radical (unpaired) electrons. The van der Waals surface area contributed by atoms with Crippen molar-refractivity contribution in [3.05, 3.63) is 27.5 Å². The maximum Gasteiger partial charge on any atom is 0.328 e. The molecule has 1 unspecified atom stereocenters. The zero-order chi connectivity index (χ0) is 14.6. The van der Waals surface area contributed by atoms with Gasteiger partial charge in [0.2, 0.25) is 0 Å². The predicted molar refractivity (Wildman–Crippen MR) is 74.4 cm³/mol. The number of rotatable bonds is 5. The highest BCUT2D eigenvalue weighted by atomic mass is 32.1. The van der Waals surface area contributed by atoms with Gasteiger partial charge in [-0.3, -0.25) is 4.79 Å². The number of aryl methyl sites for hydroxylation is 1. The molecule has 104 valence electrons. The largest absolute Gasteiger partial charge is 0.478 e. The fourth-order valence-electron chi connectivity index (χ4n) is 1.41. The van der Waals surface area contributed by atoms with Crippen molar-refractivity contribution in [2.24, 2.45) is 0 Å². The zero-order valence-electron chi connectivity index (χ0n) is 11.1. The lowest BCUT2D eigenvalue weighted by Crippen LogP contribution is -2.36. The Kier molecular flexibility index (Phi) is 5.26. The second-order valence-electron chi connectivity index (χ2n) is 4.28. The smallest absolute Gasteiger partial charge is 0.328 e. The standard InChI is InChI=1S/C13H17NO4S/c1-8-6-11(13(18)14(3)9(2)7-15)19-10(8)4-5-12(16)17/h4-6,9,15H,7H2,1-3H3,(H,16,17)/b5-4+. The summed E-state index contributed by atoms with van der Waals surface area (Å²) < 4.78 is 0. The minimum Gasteiger partial charge on any atom is -0.478 e. The van der Waals surface area contributed by atoms with Crippen molar-refractivity contribution in [1.82, 2.24) is 4.90 Å². The van der Waals surface area contributed by atoms with Crippen molar-refractivity contribution in [3.8, 4) is 0 Å². The van der Waals surface area contributed by atoms with E-state index in [-0.39, 0.29) is 18.6 Å². The molecule has 1 heterocycles. The Labute approximate surface area is 115 Å². The fourth-order valence-corrected chi connectivity index (χ4v) is 2.47. The van der Waals surface area contributed by atoms with Crippen LogP contribution >= 0.6 is 11.3 Å². The first-order valence-electron chi connectivity index (χ1n) is 5.76. The molecule has 0 fully saturated rings. The number of amides is 1. The van der Waals surface area contributed by atoms with E-state index < -0.39 is 5.97 Å². The van der Waals surface area contributed by atoms with Crippen molar-refractivity contribution in [1.29, 1.82) is 0 Å². The number of aliphatic hydroxyl groups is 1. The lowest BCUT2D eigenvalue weighted by atomic mass is 10.2.